The molecule has 4 heteroatoms. The quantitative estimate of drug-likeness (QED) is 0.904. The molecule has 0 unspecified atom stereocenters. The van der Waals surface area contributed by atoms with Crippen molar-refractivity contribution in [1.82, 2.24) is 14.9 Å². The average molecular weight is 247 g/mol. The van der Waals surface area contributed by atoms with Crippen LogP contribution in [-0.4, -0.2) is 34.0 Å². The fourth-order valence-electron chi connectivity index (χ4n) is 2.17. The lowest BCUT2D eigenvalue weighted by molar-refractivity contribution is 0.110. The number of nitrogens with zero attached hydrogens (tertiary/aromatic N) is 2. The van der Waals surface area contributed by atoms with E-state index in [2.05, 4.69) is 34.8 Å². The predicted molar refractivity (Wildman–Crippen MR) is 71.4 cm³/mol. The summed E-state index contributed by atoms with van der Waals surface area (Å²) in [6.45, 7) is 6.83. The standard InChI is InChI=1S/C13H17N3S/c1-9(2)16-7-10(8-16)13-15-6-12(17-13)11-4-3-5-14-11/h3-6,9-10,14H,7-8H2,1-2H3. The van der Waals surface area contributed by atoms with E-state index < -0.39 is 0 Å². The Labute approximate surface area is 106 Å². The molecule has 0 aromatic carbocycles. The second-order valence-corrected chi connectivity index (χ2v) is 5.95. The minimum atomic E-state index is 0.645. The maximum absolute atomic E-state index is 4.56. The lowest BCUT2D eigenvalue weighted by Gasteiger charge is -2.41. The number of H-pyrrole nitrogens is 1. The molecule has 17 heavy (non-hydrogen) atoms. The summed E-state index contributed by atoms with van der Waals surface area (Å²) in [5.74, 6) is 0.645. The first-order valence-electron chi connectivity index (χ1n) is 6.07. The smallest absolute Gasteiger partial charge is 0.0988 e. The second kappa shape index (κ2) is 4.27. The van der Waals surface area contributed by atoms with E-state index in [1.54, 1.807) is 0 Å². The lowest BCUT2D eigenvalue weighted by atomic mass is 9.99. The SMILES string of the molecule is CC(C)N1CC(c2ncc(-c3ccc[nH]3)s2)C1. The molecule has 0 radical (unpaired) electrons. The summed E-state index contributed by atoms with van der Waals surface area (Å²) in [4.78, 5) is 11.5. The van der Waals surface area contributed by atoms with Gasteiger partial charge in [0.05, 0.1) is 15.6 Å². The van der Waals surface area contributed by atoms with Gasteiger partial charge < -0.3 is 4.98 Å². The third-order valence-corrected chi connectivity index (χ3v) is 4.57. The van der Waals surface area contributed by atoms with E-state index in [-0.39, 0.29) is 0 Å². The van der Waals surface area contributed by atoms with Gasteiger partial charge in [-0.3, -0.25) is 4.90 Å². The molecule has 0 bridgehead atoms. The summed E-state index contributed by atoms with van der Waals surface area (Å²) < 4.78 is 0. The highest BCUT2D eigenvalue weighted by Crippen LogP contribution is 2.34. The normalized spacial score (nSPS) is 17.6. The van der Waals surface area contributed by atoms with Gasteiger partial charge in [-0.25, -0.2) is 4.98 Å². The number of rotatable bonds is 3. The summed E-state index contributed by atoms with van der Waals surface area (Å²) in [6.07, 6.45) is 3.95. The number of hydrogen-bond acceptors (Lipinski definition) is 3. The van der Waals surface area contributed by atoms with Crippen LogP contribution in [-0.2, 0) is 0 Å². The molecule has 3 rings (SSSR count). The summed E-state index contributed by atoms with van der Waals surface area (Å²) in [7, 11) is 0. The number of aromatic nitrogens is 2. The van der Waals surface area contributed by atoms with Crippen LogP contribution in [0.3, 0.4) is 0 Å². The van der Waals surface area contributed by atoms with Crippen LogP contribution in [0, 0.1) is 0 Å². The molecule has 1 aliphatic rings. The van der Waals surface area contributed by atoms with Crippen LogP contribution in [0.15, 0.2) is 24.5 Å². The Morgan fingerprint density at radius 3 is 2.94 bits per heavy atom. The minimum absolute atomic E-state index is 0.645. The summed E-state index contributed by atoms with van der Waals surface area (Å²) in [5, 5.41) is 1.28. The lowest BCUT2D eigenvalue weighted by Crippen LogP contribution is -2.48. The molecule has 90 valence electrons. The second-order valence-electron chi connectivity index (χ2n) is 4.89. The molecular formula is C13H17N3S. The van der Waals surface area contributed by atoms with Gasteiger partial charge in [0.25, 0.3) is 0 Å². The van der Waals surface area contributed by atoms with E-state index in [1.165, 1.54) is 15.6 Å². The molecule has 2 aromatic heterocycles. The molecule has 0 saturated carbocycles. The van der Waals surface area contributed by atoms with Crippen LogP contribution in [0.1, 0.15) is 24.8 Å². The molecule has 1 saturated heterocycles. The van der Waals surface area contributed by atoms with E-state index in [0.717, 1.165) is 13.1 Å². The molecule has 1 N–H and O–H groups in total. The van der Waals surface area contributed by atoms with Gasteiger partial charge in [0, 0.05) is 37.4 Å². The zero-order valence-corrected chi connectivity index (χ0v) is 11.0. The first-order chi connectivity index (χ1) is 8.24. The zero-order chi connectivity index (χ0) is 11.8. The van der Waals surface area contributed by atoms with Crippen molar-refractivity contribution in [2.24, 2.45) is 0 Å². The van der Waals surface area contributed by atoms with Crippen LogP contribution in [0.5, 0.6) is 0 Å². The highest BCUT2D eigenvalue weighted by Gasteiger charge is 2.31. The Morgan fingerprint density at radius 2 is 2.29 bits per heavy atom. The maximum atomic E-state index is 4.56. The predicted octanol–water partition coefficient (Wildman–Crippen LogP) is 2.95. The van der Waals surface area contributed by atoms with Gasteiger partial charge in [0.15, 0.2) is 0 Å². The number of aromatic amines is 1. The number of thiazole rings is 1. The van der Waals surface area contributed by atoms with Crippen molar-refractivity contribution in [2.45, 2.75) is 25.8 Å². The van der Waals surface area contributed by atoms with Crippen molar-refractivity contribution >= 4 is 11.3 Å². The largest absolute Gasteiger partial charge is 0.360 e. The van der Waals surface area contributed by atoms with Crippen LogP contribution in [0.25, 0.3) is 10.6 Å². The Hall–Kier alpha value is -1.13. The van der Waals surface area contributed by atoms with Gasteiger partial charge in [0.2, 0.25) is 0 Å². The minimum Gasteiger partial charge on any atom is -0.360 e. The first kappa shape index (κ1) is 11.0. The summed E-state index contributed by atoms with van der Waals surface area (Å²) in [5.41, 5.74) is 1.17. The number of likely N-dealkylation sites (tertiary alicyclic amines) is 1. The van der Waals surface area contributed by atoms with Crippen molar-refractivity contribution in [1.29, 1.82) is 0 Å². The summed E-state index contributed by atoms with van der Waals surface area (Å²) in [6, 6.07) is 4.78. The van der Waals surface area contributed by atoms with Crippen LogP contribution in [0.4, 0.5) is 0 Å². The van der Waals surface area contributed by atoms with Crippen LogP contribution >= 0.6 is 11.3 Å². The number of hydrogen-bond donors (Lipinski definition) is 1. The van der Waals surface area contributed by atoms with Crippen molar-refractivity contribution in [3.05, 3.63) is 29.5 Å². The Bertz CT molecular complexity index is 480. The van der Waals surface area contributed by atoms with Crippen molar-refractivity contribution in [3.63, 3.8) is 0 Å². The molecule has 3 nitrogen and oxygen atoms in total. The van der Waals surface area contributed by atoms with E-state index in [1.807, 2.05) is 29.8 Å². The average Bonchev–Trinajstić information content (AvgIpc) is 2.82. The fourth-order valence-corrected chi connectivity index (χ4v) is 3.16. The highest BCUT2D eigenvalue weighted by molar-refractivity contribution is 7.15. The molecule has 0 atom stereocenters. The molecular weight excluding hydrogens is 230 g/mol. The molecule has 2 aromatic rings. The zero-order valence-electron chi connectivity index (χ0n) is 10.2. The van der Waals surface area contributed by atoms with Crippen molar-refractivity contribution in [2.75, 3.05) is 13.1 Å². The van der Waals surface area contributed by atoms with Gasteiger partial charge in [-0.2, -0.15) is 0 Å². The van der Waals surface area contributed by atoms with E-state index in [0.29, 0.717) is 12.0 Å². The third kappa shape index (κ3) is 2.03. The number of nitrogens with one attached hydrogen (secondary N) is 1. The molecule has 1 aliphatic heterocycles. The fraction of sp³-hybridized carbons (Fsp3) is 0.462. The Balaban J connectivity index is 1.70. The molecule has 1 fully saturated rings. The molecule has 0 amide bonds. The monoisotopic (exact) mass is 247 g/mol. The van der Waals surface area contributed by atoms with Crippen molar-refractivity contribution in [3.8, 4) is 10.6 Å². The van der Waals surface area contributed by atoms with Crippen LogP contribution < -0.4 is 0 Å². The Morgan fingerprint density at radius 1 is 1.47 bits per heavy atom. The van der Waals surface area contributed by atoms with Crippen molar-refractivity contribution < 1.29 is 0 Å². The topological polar surface area (TPSA) is 31.9 Å². The molecule has 0 spiro atoms. The van der Waals surface area contributed by atoms with E-state index in [4.69, 9.17) is 0 Å². The van der Waals surface area contributed by atoms with E-state index >= 15 is 0 Å². The van der Waals surface area contributed by atoms with Gasteiger partial charge in [-0.1, -0.05) is 0 Å². The van der Waals surface area contributed by atoms with Crippen LogP contribution in [0.2, 0.25) is 0 Å². The van der Waals surface area contributed by atoms with Gasteiger partial charge in [0.1, 0.15) is 0 Å². The molecule has 3 heterocycles. The summed E-state index contributed by atoms with van der Waals surface area (Å²) >= 11 is 1.82. The highest BCUT2D eigenvalue weighted by atomic mass is 32.1. The maximum Gasteiger partial charge on any atom is 0.0988 e. The first-order valence-corrected chi connectivity index (χ1v) is 6.89. The van der Waals surface area contributed by atoms with E-state index in [9.17, 15) is 0 Å². The Kier molecular flexibility index (Phi) is 2.76. The van der Waals surface area contributed by atoms with Gasteiger partial charge in [-0.15, -0.1) is 11.3 Å². The third-order valence-electron chi connectivity index (χ3n) is 3.38. The van der Waals surface area contributed by atoms with Gasteiger partial charge in [-0.05, 0) is 26.0 Å². The van der Waals surface area contributed by atoms with Gasteiger partial charge >= 0.3 is 0 Å². The molecule has 0 aliphatic carbocycles.